The van der Waals surface area contributed by atoms with E-state index in [1.54, 1.807) is 7.11 Å². The van der Waals surface area contributed by atoms with E-state index in [1.165, 1.54) is 19.3 Å². The average molecular weight is 471 g/mol. The van der Waals surface area contributed by atoms with Crippen molar-refractivity contribution < 1.29 is 9.47 Å². The molecule has 0 amide bonds. The van der Waals surface area contributed by atoms with Crippen molar-refractivity contribution in [3.63, 3.8) is 0 Å². The molecule has 1 fully saturated rings. The summed E-state index contributed by atoms with van der Waals surface area (Å²) in [5.74, 6) is 1.44. The van der Waals surface area contributed by atoms with E-state index in [0.29, 0.717) is 23.9 Å². The lowest BCUT2D eigenvalue weighted by Gasteiger charge is -2.29. The number of hydrogen-bond donors (Lipinski definition) is 1. The molecule has 0 bridgehead atoms. The van der Waals surface area contributed by atoms with Crippen LogP contribution >= 0.6 is 23.2 Å². The number of piperidine rings is 1. The largest absolute Gasteiger partial charge is 0.493 e. The van der Waals surface area contributed by atoms with E-state index in [2.05, 4.69) is 22.3 Å². The lowest BCUT2D eigenvalue weighted by molar-refractivity contribution is 0.281. The molecular weight excluding hydrogens is 443 g/mol. The highest BCUT2D eigenvalue weighted by molar-refractivity contribution is 6.33. The van der Waals surface area contributed by atoms with Crippen molar-refractivity contribution >= 4 is 34.6 Å². The minimum absolute atomic E-state index is 0.431. The fraction of sp³-hybridized carbons (Fsp3) is 0.308. The Hall–Kier alpha value is -2.56. The molecule has 3 aromatic carbocycles. The van der Waals surface area contributed by atoms with Crippen molar-refractivity contribution in [2.45, 2.75) is 32.4 Å². The zero-order valence-corrected chi connectivity index (χ0v) is 19.8. The number of nitrogens with one attached hydrogen (secondary N) is 1. The first kappa shape index (κ1) is 22.6. The van der Waals surface area contributed by atoms with Crippen LogP contribution in [0.2, 0.25) is 10.0 Å². The minimum atomic E-state index is 0.431. The van der Waals surface area contributed by atoms with E-state index in [9.17, 15) is 0 Å². The molecule has 32 heavy (non-hydrogen) atoms. The first-order valence-corrected chi connectivity index (χ1v) is 11.7. The molecule has 3 aromatic rings. The smallest absolute Gasteiger partial charge is 0.166 e. The van der Waals surface area contributed by atoms with Gasteiger partial charge in [0.2, 0.25) is 0 Å². The Kier molecular flexibility index (Phi) is 7.67. The molecule has 0 aliphatic carbocycles. The summed E-state index contributed by atoms with van der Waals surface area (Å²) in [6, 6.07) is 19.8. The van der Waals surface area contributed by atoms with Gasteiger partial charge in [-0.1, -0.05) is 47.5 Å². The summed E-state index contributed by atoms with van der Waals surface area (Å²) in [6.07, 6.45) is 3.76. The maximum Gasteiger partial charge on any atom is 0.166 e. The second-order valence-corrected chi connectivity index (χ2v) is 8.77. The van der Waals surface area contributed by atoms with Gasteiger partial charge in [-0.2, -0.15) is 0 Å². The molecule has 0 saturated carbocycles. The van der Waals surface area contributed by atoms with E-state index in [0.717, 1.165) is 46.4 Å². The molecule has 6 heteroatoms. The highest BCUT2D eigenvalue weighted by Gasteiger charge is 2.15. The van der Waals surface area contributed by atoms with Gasteiger partial charge in [-0.3, -0.25) is 0 Å². The fourth-order valence-electron chi connectivity index (χ4n) is 3.97. The third kappa shape index (κ3) is 5.62. The third-order valence-corrected chi connectivity index (χ3v) is 6.26. The zero-order chi connectivity index (χ0) is 22.3. The van der Waals surface area contributed by atoms with Gasteiger partial charge >= 0.3 is 0 Å². The Morgan fingerprint density at radius 1 is 0.938 bits per heavy atom. The van der Waals surface area contributed by atoms with Crippen molar-refractivity contribution in [2.24, 2.45) is 0 Å². The first-order valence-electron chi connectivity index (χ1n) is 11.0. The minimum Gasteiger partial charge on any atom is -0.493 e. The SMILES string of the molecule is COc1cccc(CNc2ccc(N3CCCCC3)c(Cl)c2)c1OCc1ccc(Cl)cc1. The summed E-state index contributed by atoms with van der Waals surface area (Å²) in [4.78, 5) is 2.38. The standard InChI is InChI=1S/C26H28Cl2N2O2/c1-31-25-7-5-6-20(26(25)32-18-19-8-10-21(27)11-9-19)17-29-22-12-13-24(23(28)16-22)30-14-3-2-4-15-30/h5-13,16,29H,2-4,14-15,17-18H2,1H3. The number of rotatable bonds is 8. The van der Waals surface area contributed by atoms with Crippen molar-refractivity contribution in [1.82, 2.24) is 0 Å². The van der Waals surface area contributed by atoms with Crippen LogP contribution < -0.4 is 19.7 Å². The molecule has 1 aliphatic rings. The summed E-state index contributed by atoms with van der Waals surface area (Å²) in [5, 5.41) is 4.96. The predicted octanol–water partition coefficient (Wildman–Crippen LogP) is 7.18. The summed E-state index contributed by atoms with van der Waals surface area (Å²) < 4.78 is 11.7. The lowest BCUT2D eigenvalue weighted by Crippen LogP contribution is -2.29. The topological polar surface area (TPSA) is 33.7 Å². The van der Waals surface area contributed by atoms with E-state index in [-0.39, 0.29) is 0 Å². The monoisotopic (exact) mass is 470 g/mol. The molecule has 1 heterocycles. The first-order chi connectivity index (χ1) is 15.6. The molecule has 4 rings (SSSR count). The Bertz CT molecular complexity index is 1030. The van der Waals surface area contributed by atoms with Crippen LogP contribution in [0.3, 0.4) is 0 Å². The Morgan fingerprint density at radius 2 is 1.72 bits per heavy atom. The number of methoxy groups -OCH3 is 1. The van der Waals surface area contributed by atoms with E-state index in [1.807, 2.05) is 48.5 Å². The molecule has 1 saturated heterocycles. The molecule has 0 spiro atoms. The van der Waals surface area contributed by atoms with E-state index >= 15 is 0 Å². The highest BCUT2D eigenvalue weighted by atomic mass is 35.5. The van der Waals surface area contributed by atoms with Crippen LogP contribution in [0.4, 0.5) is 11.4 Å². The number of para-hydroxylation sites is 1. The highest BCUT2D eigenvalue weighted by Crippen LogP contribution is 2.34. The molecule has 168 valence electrons. The number of nitrogens with zero attached hydrogens (tertiary/aromatic N) is 1. The van der Waals surface area contributed by atoms with Crippen molar-refractivity contribution in [2.75, 3.05) is 30.4 Å². The molecular formula is C26H28Cl2N2O2. The van der Waals surface area contributed by atoms with Crippen molar-refractivity contribution in [3.05, 3.63) is 81.8 Å². The lowest BCUT2D eigenvalue weighted by atomic mass is 10.1. The summed E-state index contributed by atoms with van der Waals surface area (Å²) >= 11 is 12.6. The van der Waals surface area contributed by atoms with Crippen LogP contribution in [0.25, 0.3) is 0 Å². The second-order valence-electron chi connectivity index (χ2n) is 7.93. The molecule has 0 aromatic heterocycles. The fourth-order valence-corrected chi connectivity index (χ4v) is 4.39. The van der Waals surface area contributed by atoms with Crippen molar-refractivity contribution in [3.8, 4) is 11.5 Å². The number of benzene rings is 3. The molecule has 4 nitrogen and oxygen atoms in total. The van der Waals surface area contributed by atoms with Gasteiger partial charge in [0, 0.05) is 35.9 Å². The van der Waals surface area contributed by atoms with Gasteiger partial charge in [-0.05, 0) is 61.2 Å². The normalized spacial score (nSPS) is 13.7. The quantitative estimate of drug-likeness (QED) is 0.377. The number of anilines is 2. The second kappa shape index (κ2) is 10.8. The van der Waals surface area contributed by atoms with Crippen LogP contribution in [0, 0.1) is 0 Å². The maximum atomic E-state index is 6.62. The van der Waals surface area contributed by atoms with Gasteiger partial charge < -0.3 is 19.7 Å². The van der Waals surface area contributed by atoms with E-state index in [4.69, 9.17) is 32.7 Å². The van der Waals surface area contributed by atoms with Gasteiger partial charge in [0.05, 0.1) is 17.8 Å². The van der Waals surface area contributed by atoms with Crippen LogP contribution in [0.1, 0.15) is 30.4 Å². The number of hydrogen-bond acceptors (Lipinski definition) is 4. The van der Waals surface area contributed by atoms with Crippen LogP contribution in [-0.4, -0.2) is 20.2 Å². The maximum absolute atomic E-state index is 6.62. The summed E-state index contributed by atoms with van der Waals surface area (Å²) in [6.45, 7) is 3.17. The molecule has 0 radical (unpaired) electrons. The van der Waals surface area contributed by atoms with Gasteiger partial charge in [-0.25, -0.2) is 0 Å². The van der Waals surface area contributed by atoms with Crippen LogP contribution in [0.15, 0.2) is 60.7 Å². The Morgan fingerprint density at radius 3 is 2.44 bits per heavy atom. The summed E-state index contributed by atoms with van der Waals surface area (Å²) in [5.41, 5.74) is 4.14. The van der Waals surface area contributed by atoms with Gasteiger partial charge in [0.15, 0.2) is 11.5 Å². The van der Waals surface area contributed by atoms with Gasteiger partial charge in [0.1, 0.15) is 6.61 Å². The molecule has 1 aliphatic heterocycles. The summed E-state index contributed by atoms with van der Waals surface area (Å²) in [7, 11) is 1.65. The Balaban J connectivity index is 1.45. The molecule has 1 N–H and O–H groups in total. The van der Waals surface area contributed by atoms with Crippen molar-refractivity contribution in [1.29, 1.82) is 0 Å². The third-order valence-electron chi connectivity index (χ3n) is 5.70. The Labute approximate surface area is 200 Å². The molecule has 0 unspecified atom stereocenters. The number of ether oxygens (including phenoxy) is 2. The van der Waals surface area contributed by atoms with E-state index < -0.39 is 0 Å². The number of halogens is 2. The van der Waals surface area contributed by atoms with Gasteiger partial charge in [-0.15, -0.1) is 0 Å². The zero-order valence-electron chi connectivity index (χ0n) is 18.2. The van der Waals surface area contributed by atoms with Crippen LogP contribution in [-0.2, 0) is 13.2 Å². The van der Waals surface area contributed by atoms with Gasteiger partial charge in [0.25, 0.3) is 0 Å². The average Bonchev–Trinajstić information content (AvgIpc) is 2.83. The molecule has 0 atom stereocenters. The van der Waals surface area contributed by atoms with Crippen LogP contribution in [0.5, 0.6) is 11.5 Å². The predicted molar refractivity (Wildman–Crippen MR) is 134 cm³/mol.